The van der Waals surface area contributed by atoms with E-state index in [9.17, 15) is 14.4 Å². The maximum absolute atomic E-state index is 13.8. The second-order valence-corrected chi connectivity index (χ2v) is 11.4. The molecule has 4 rings (SSSR count). The van der Waals surface area contributed by atoms with Gasteiger partial charge in [0.25, 0.3) is 5.91 Å². The lowest BCUT2D eigenvalue weighted by Crippen LogP contribution is -2.52. The fraction of sp³-hybridized carbons (Fsp3) is 0.464. The van der Waals surface area contributed by atoms with Crippen LogP contribution in [0.2, 0.25) is 0 Å². The van der Waals surface area contributed by atoms with E-state index in [1.165, 1.54) is 0 Å². The maximum Gasteiger partial charge on any atom is 0.332 e. The number of nitrogens with zero attached hydrogens (tertiary/aromatic N) is 2. The zero-order chi connectivity index (χ0) is 25.3. The van der Waals surface area contributed by atoms with Crippen LogP contribution in [0.25, 0.3) is 0 Å². The van der Waals surface area contributed by atoms with Crippen molar-refractivity contribution >= 4 is 41.0 Å². The van der Waals surface area contributed by atoms with Crippen molar-refractivity contribution in [2.75, 3.05) is 28.3 Å². The Bertz CT molecular complexity index is 1090. The SMILES string of the molecule is Cc1ccc(N2C(=O)N(CC(=O)Nc3c(C(C)C)cccc3C(C)C)C(=O)C23CCSCC3)cc1. The van der Waals surface area contributed by atoms with Gasteiger partial charge in [-0.2, -0.15) is 11.8 Å². The molecule has 0 atom stereocenters. The number of anilines is 2. The molecule has 0 radical (unpaired) electrons. The first-order chi connectivity index (χ1) is 16.7. The summed E-state index contributed by atoms with van der Waals surface area (Å²) in [6.07, 6.45) is 1.17. The lowest BCUT2D eigenvalue weighted by atomic mass is 9.90. The number of carbonyl (C=O) groups is 3. The van der Waals surface area contributed by atoms with Crippen LogP contribution in [0.3, 0.4) is 0 Å². The van der Waals surface area contributed by atoms with E-state index < -0.39 is 11.6 Å². The topological polar surface area (TPSA) is 69.7 Å². The maximum atomic E-state index is 13.8. The quantitative estimate of drug-likeness (QED) is 0.508. The van der Waals surface area contributed by atoms with Crippen LogP contribution in [-0.4, -0.2) is 46.3 Å². The molecule has 0 saturated carbocycles. The molecule has 0 aromatic heterocycles. The van der Waals surface area contributed by atoms with E-state index in [2.05, 4.69) is 33.0 Å². The van der Waals surface area contributed by atoms with Gasteiger partial charge in [-0.25, -0.2) is 4.79 Å². The van der Waals surface area contributed by atoms with E-state index in [0.717, 1.165) is 38.8 Å². The number of nitrogens with one attached hydrogen (secondary N) is 1. The summed E-state index contributed by atoms with van der Waals surface area (Å²) in [6.45, 7) is 10.1. The van der Waals surface area contributed by atoms with Crippen molar-refractivity contribution in [1.82, 2.24) is 4.90 Å². The first kappa shape index (κ1) is 25.3. The Hall–Kier alpha value is -2.80. The van der Waals surface area contributed by atoms with Crippen LogP contribution in [0.1, 0.15) is 69.1 Å². The van der Waals surface area contributed by atoms with E-state index in [4.69, 9.17) is 0 Å². The summed E-state index contributed by atoms with van der Waals surface area (Å²) in [5, 5.41) is 3.06. The smallest absolute Gasteiger partial charge is 0.324 e. The van der Waals surface area contributed by atoms with Crippen molar-refractivity contribution < 1.29 is 14.4 Å². The highest BCUT2D eigenvalue weighted by Gasteiger charge is 2.58. The summed E-state index contributed by atoms with van der Waals surface area (Å²) in [7, 11) is 0. The lowest BCUT2D eigenvalue weighted by Gasteiger charge is -2.37. The minimum Gasteiger partial charge on any atom is -0.324 e. The monoisotopic (exact) mass is 493 g/mol. The Morgan fingerprint density at radius 3 is 2.09 bits per heavy atom. The average Bonchev–Trinajstić information content (AvgIpc) is 3.01. The highest BCUT2D eigenvalue weighted by molar-refractivity contribution is 7.99. The number of benzene rings is 2. The Kier molecular flexibility index (Phi) is 7.27. The third-order valence-electron chi connectivity index (χ3n) is 7.04. The molecule has 4 amide bonds. The van der Waals surface area contributed by atoms with Crippen LogP contribution in [0, 0.1) is 6.92 Å². The number of urea groups is 1. The van der Waals surface area contributed by atoms with E-state index in [1.54, 1.807) is 16.7 Å². The van der Waals surface area contributed by atoms with E-state index >= 15 is 0 Å². The summed E-state index contributed by atoms with van der Waals surface area (Å²) < 4.78 is 0. The normalized spacial score (nSPS) is 17.7. The molecular formula is C28H35N3O3S. The molecule has 2 aliphatic rings. The van der Waals surface area contributed by atoms with Gasteiger partial charge in [0.1, 0.15) is 12.1 Å². The molecule has 1 spiro atoms. The molecule has 2 saturated heterocycles. The molecule has 2 aromatic carbocycles. The summed E-state index contributed by atoms with van der Waals surface area (Å²) in [6, 6.07) is 13.3. The molecule has 1 N–H and O–H groups in total. The highest BCUT2D eigenvalue weighted by atomic mass is 32.2. The van der Waals surface area contributed by atoms with Gasteiger partial charge in [-0.05, 0) is 66.4 Å². The molecule has 7 heteroatoms. The molecule has 2 aromatic rings. The predicted octanol–water partition coefficient (Wildman–Crippen LogP) is 5.91. The van der Waals surface area contributed by atoms with E-state index in [0.29, 0.717) is 18.5 Å². The first-order valence-electron chi connectivity index (χ1n) is 12.4. The number of carbonyl (C=O) groups excluding carboxylic acids is 3. The Labute approximate surface area is 212 Å². The zero-order valence-corrected chi connectivity index (χ0v) is 22.1. The third kappa shape index (κ3) is 4.70. The first-order valence-corrected chi connectivity index (χ1v) is 13.5. The highest BCUT2D eigenvalue weighted by Crippen LogP contribution is 2.42. The van der Waals surface area contributed by atoms with Crippen molar-refractivity contribution in [2.24, 2.45) is 0 Å². The van der Waals surface area contributed by atoms with Gasteiger partial charge in [-0.3, -0.25) is 19.4 Å². The number of thioether (sulfide) groups is 1. The number of rotatable bonds is 6. The van der Waals surface area contributed by atoms with Crippen LogP contribution < -0.4 is 10.2 Å². The number of hydrogen-bond acceptors (Lipinski definition) is 4. The van der Waals surface area contributed by atoms with Gasteiger partial charge in [0, 0.05) is 11.4 Å². The number of para-hydroxylation sites is 1. The lowest BCUT2D eigenvalue weighted by molar-refractivity contribution is -0.133. The van der Waals surface area contributed by atoms with Crippen LogP contribution in [0.4, 0.5) is 16.2 Å². The van der Waals surface area contributed by atoms with Crippen molar-refractivity contribution in [1.29, 1.82) is 0 Å². The predicted molar refractivity (Wildman–Crippen MR) is 143 cm³/mol. The average molecular weight is 494 g/mol. The third-order valence-corrected chi connectivity index (χ3v) is 8.03. The van der Waals surface area contributed by atoms with Crippen molar-refractivity contribution in [3.63, 3.8) is 0 Å². The Balaban J connectivity index is 1.64. The molecule has 2 heterocycles. The van der Waals surface area contributed by atoms with Crippen molar-refractivity contribution in [2.45, 2.75) is 64.8 Å². The van der Waals surface area contributed by atoms with Gasteiger partial charge in [0.05, 0.1) is 0 Å². The second-order valence-electron chi connectivity index (χ2n) is 10.2. The second kappa shape index (κ2) is 10.1. The minimum atomic E-state index is -0.920. The van der Waals surface area contributed by atoms with Crippen LogP contribution >= 0.6 is 11.8 Å². The Morgan fingerprint density at radius 1 is 0.971 bits per heavy atom. The van der Waals surface area contributed by atoms with E-state index in [1.807, 2.05) is 49.4 Å². The number of amides is 4. The molecule has 0 unspecified atom stereocenters. The van der Waals surface area contributed by atoms with Crippen LogP contribution in [0.15, 0.2) is 42.5 Å². The minimum absolute atomic E-state index is 0.221. The van der Waals surface area contributed by atoms with Gasteiger partial charge in [-0.1, -0.05) is 63.6 Å². The van der Waals surface area contributed by atoms with E-state index in [-0.39, 0.29) is 30.2 Å². The van der Waals surface area contributed by atoms with Crippen LogP contribution in [0.5, 0.6) is 0 Å². The fourth-order valence-electron chi connectivity index (χ4n) is 5.09. The largest absolute Gasteiger partial charge is 0.332 e. The summed E-state index contributed by atoms with van der Waals surface area (Å²) in [5.74, 6) is 1.44. The summed E-state index contributed by atoms with van der Waals surface area (Å²) >= 11 is 1.80. The standard InChI is InChI=1S/C28H35N3O3S/c1-18(2)22-7-6-8-23(19(3)4)25(22)29-24(32)17-30-26(33)28(13-15-35-16-14-28)31(27(30)34)21-11-9-20(5)10-12-21/h6-12,18-19H,13-17H2,1-5H3,(H,29,32). The van der Waals surface area contributed by atoms with Gasteiger partial charge < -0.3 is 5.32 Å². The number of hydrogen-bond donors (Lipinski definition) is 1. The number of aryl methyl sites for hydroxylation is 1. The van der Waals surface area contributed by atoms with Gasteiger partial charge in [-0.15, -0.1) is 0 Å². The zero-order valence-electron chi connectivity index (χ0n) is 21.3. The van der Waals surface area contributed by atoms with Gasteiger partial charge in [0.15, 0.2) is 0 Å². The van der Waals surface area contributed by atoms with Gasteiger partial charge >= 0.3 is 6.03 Å². The Morgan fingerprint density at radius 2 is 1.54 bits per heavy atom. The molecule has 2 fully saturated rings. The molecule has 2 aliphatic heterocycles. The van der Waals surface area contributed by atoms with Crippen molar-refractivity contribution in [3.05, 3.63) is 59.2 Å². The summed E-state index contributed by atoms with van der Waals surface area (Å²) in [4.78, 5) is 43.5. The van der Waals surface area contributed by atoms with Crippen LogP contribution in [-0.2, 0) is 9.59 Å². The fourth-order valence-corrected chi connectivity index (χ4v) is 6.26. The molecule has 0 aliphatic carbocycles. The molecular weight excluding hydrogens is 458 g/mol. The summed E-state index contributed by atoms with van der Waals surface area (Å²) in [5.41, 5.74) is 3.76. The number of imide groups is 1. The van der Waals surface area contributed by atoms with Crippen molar-refractivity contribution in [3.8, 4) is 0 Å². The molecule has 186 valence electrons. The molecule has 0 bridgehead atoms. The van der Waals surface area contributed by atoms with Gasteiger partial charge in [0.2, 0.25) is 5.91 Å². The molecule has 35 heavy (non-hydrogen) atoms. The molecule has 6 nitrogen and oxygen atoms in total.